The van der Waals surface area contributed by atoms with Crippen LogP contribution in [0.3, 0.4) is 0 Å². The Bertz CT molecular complexity index is 1030. The molecule has 2 bridgehead atoms. The molecule has 0 aromatic heterocycles. The number of amides is 1. The standard InChI is InChI=1S/C27H30N2O3/c1-27(2,3)32-26(31)29-22-12-13-23(29)16-21(15-22)25(30)14-18-8-10-19(11-9-18)24-7-5-4-6-20(24)17-28/h4-11,21-23H,12-16H2,1-3H3. The van der Waals surface area contributed by atoms with Crippen LogP contribution in [0.4, 0.5) is 4.79 Å². The van der Waals surface area contributed by atoms with Crippen LogP contribution in [0.1, 0.15) is 57.6 Å². The van der Waals surface area contributed by atoms with E-state index < -0.39 is 5.60 Å². The van der Waals surface area contributed by atoms with Gasteiger partial charge in [-0.3, -0.25) is 4.79 Å². The Morgan fingerprint density at radius 3 is 2.25 bits per heavy atom. The van der Waals surface area contributed by atoms with E-state index in [9.17, 15) is 14.9 Å². The molecule has 166 valence electrons. The Morgan fingerprint density at radius 1 is 1.03 bits per heavy atom. The van der Waals surface area contributed by atoms with Crippen LogP contribution < -0.4 is 0 Å². The third kappa shape index (κ3) is 4.70. The molecular formula is C27H30N2O3. The van der Waals surface area contributed by atoms with Crippen LogP contribution in [0.5, 0.6) is 0 Å². The van der Waals surface area contributed by atoms with Crippen molar-refractivity contribution in [1.82, 2.24) is 4.90 Å². The van der Waals surface area contributed by atoms with Crippen LogP contribution in [0.25, 0.3) is 11.1 Å². The summed E-state index contributed by atoms with van der Waals surface area (Å²) in [5.74, 6) is 0.237. The van der Waals surface area contributed by atoms with Gasteiger partial charge >= 0.3 is 6.09 Å². The van der Waals surface area contributed by atoms with E-state index in [1.54, 1.807) is 0 Å². The molecule has 1 amide bonds. The molecule has 2 aromatic carbocycles. The molecule has 5 nitrogen and oxygen atoms in total. The van der Waals surface area contributed by atoms with Gasteiger partial charge in [-0.25, -0.2) is 4.79 Å². The molecule has 0 radical (unpaired) electrons. The minimum Gasteiger partial charge on any atom is -0.444 e. The van der Waals surface area contributed by atoms with Gasteiger partial charge in [0.15, 0.2) is 0 Å². The number of rotatable bonds is 4. The maximum absolute atomic E-state index is 13.1. The number of ketones is 1. The molecule has 2 aliphatic rings. The fourth-order valence-electron chi connectivity index (χ4n) is 5.03. The molecule has 5 heteroatoms. The fraction of sp³-hybridized carbons (Fsp3) is 0.444. The number of benzene rings is 2. The van der Waals surface area contributed by atoms with Gasteiger partial charge in [0, 0.05) is 24.4 Å². The largest absolute Gasteiger partial charge is 0.444 e. The second-order valence-corrected chi connectivity index (χ2v) is 9.94. The summed E-state index contributed by atoms with van der Waals surface area (Å²) in [6, 6.07) is 17.9. The Hall–Kier alpha value is -3.13. The molecule has 2 unspecified atom stereocenters. The van der Waals surface area contributed by atoms with Gasteiger partial charge in [-0.15, -0.1) is 0 Å². The number of Topliss-reactive ketones (excluding diaryl/α,β-unsaturated/α-hetero) is 1. The zero-order valence-corrected chi connectivity index (χ0v) is 19.0. The molecule has 2 aromatic rings. The van der Waals surface area contributed by atoms with E-state index >= 15 is 0 Å². The lowest BCUT2D eigenvalue weighted by atomic mass is 9.85. The lowest BCUT2D eigenvalue weighted by molar-refractivity contribution is -0.124. The quantitative estimate of drug-likeness (QED) is 0.641. The van der Waals surface area contributed by atoms with Gasteiger partial charge in [0.1, 0.15) is 11.4 Å². The van der Waals surface area contributed by atoms with Gasteiger partial charge in [-0.1, -0.05) is 42.5 Å². The highest BCUT2D eigenvalue weighted by Crippen LogP contribution is 2.40. The number of nitrogens with zero attached hydrogens (tertiary/aromatic N) is 2. The second kappa shape index (κ2) is 8.78. The van der Waals surface area contributed by atoms with E-state index in [1.807, 2.05) is 74.2 Å². The SMILES string of the molecule is CC(C)(C)OC(=O)N1C2CCC1CC(C(=O)Cc1ccc(-c3ccccc3C#N)cc1)C2. The molecule has 32 heavy (non-hydrogen) atoms. The van der Waals surface area contributed by atoms with Crippen molar-refractivity contribution in [1.29, 1.82) is 5.26 Å². The predicted octanol–water partition coefficient (Wildman–Crippen LogP) is 5.51. The first-order valence-corrected chi connectivity index (χ1v) is 11.4. The molecule has 0 spiro atoms. The van der Waals surface area contributed by atoms with Crippen LogP contribution in [0.15, 0.2) is 48.5 Å². The molecule has 0 N–H and O–H groups in total. The Morgan fingerprint density at radius 2 is 1.66 bits per heavy atom. The number of carbonyl (C=O) groups is 2. The van der Waals surface area contributed by atoms with E-state index in [2.05, 4.69) is 6.07 Å². The molecule has 2 fully saturated rings. The second-order valence-electron chi connectivity index (χ2n) is 9.94. The van der Waals surface area contributed by atoms with Gasteiger partial charge in [0.2, 0.25) is 0 Å². The van der Waals surface area contributed by atoms with Crippen molar-refractivity contribution in [2.45, 2.75) is 70.6 Å². The minimum atomic E-state index is -0.511. The summed E-state index contributed by atoms with van der Waals surface area (Å²) >= 11 is 0. The summed E-state index contributed by atoms with van der Waals surface area (Å²) in [7, 11) is 0. The first kappa shape index (κ1) is 22.1. The number of carbonyl (C=O) groups excluding carboxylic acids is 2. The van der Waals surface area contributed by atoms with Crippen molar-refractivity contribution in [3.05, 3.63) is 59.7 Å². The minimum absolute atomic E-state index is 0.00909. The first-order chi connectivity index (χ1) is 15.2. The Kier molecular flexibility index (Phi) is 6.06. The van der Waals surface area contributed by atoms with E-state index in [0.717, 1.165) is 42.4 Å². The third-order valence-electron chi connectivity index (χ3n) is 6.48. The van der Waals surface area contributed by atoms with Crippen LogP contribution in [-0.2, 0) is 16.0 Å². The van der Waals surface area contributed by atoms with E-state index in [-0.39, 0.29) is 29.9 Å². The average Bonchev–Trinajstić information content (AvgIpc) is 3.03. The van der Waals surface area contributed by atoms with Crippen molar-refractivity contribution in [3.63, 3.8) is 0 Å². The molecular weight excluding hydrogens is 400 g/mol. The van der Waals surface area contributed by atoms with Crippen LogP contribution >= 0.6 is 0 Å². The molecule has 4 rings (SSSR count). The summed E-state index contributed by atoms with van der Waals surface area (Å²) in [6.45, 7) is 5.65. The van der Waals surface area contributed by atoms with E-state index in [0.29, 0.717) is 12.0 Å². The molecule has 2 saturated heterocycles. The lowest BCUT2D eigenvalue weighted by Gasteiger charge is -2.39. The fourth-order valence-corrected chi connectivity index (χ4v) is 5.03. The number of ether oxygens (including phenoxy) is 1. The van der Waals surface area contributed by atoms with Gasteiger partial charge in [-0.05, 0) is 69.2 Å². The maximum Gasteiger partial charge on any atom is 0.410 e. The normalized spacial score (nSPS) is 22.3. The van der Waals surface area contributed by atoms with E-state index in [4.69, 9.17) is 4.74 Å². The van der Waals surface area contributed by atoms with Gasteiger partial charge in [0.05, 0.1) is 11.6 Å². The Balaban J connectivity index is 1.39. The molecule has 2 heterocycles. The summed E-state index contributed by atoms with van der Waals surface area (Å²) in [6.07, 6.45) is 3.49. The predicted molar refractivity (Wildman–Crippen MR) is 123 cm³/mol. The summed E-state index contributed by atoms with van der Waals surface area (Å²) < 4.78 is 5.60. The van der Waals surface area contributed by atoms with Gasteiger partial charge in [-0.2, -0.15) is 5.26 Å². The smallest absolute Gasteiger partial charge is 0.410 e. The van der Waals surface area contributed by atoms with E-state index in [1.165, 1.54) is 0 Å². The lowest BCUT2D eigenvalue weighted by Crippen LogP contribution is -2.49. The first-order valence-electron chi connectivity index (χ1n) is 11.4. The maximum atomic E-state index is 13.1. The molecule has 0 saturated carbocycles. The topological polar surface area (TPSA) is 70.4 Å². The van der Waals surface area contributed by atoms with Crippen LogP contribution in [0.2, 0.25) is 0 Å². The van der Waals surface area contributed by atoms with Crippen molar-refractivity contribution in [3.8, 4) is 17.2 Å². The van der Waals surface area contributed by atoms with Crippen LogP contribution in [0, 0.1) is 17.2 Å². The van der Waals surface area contributed by atoms with Gasteiger partial charge < -0.3 is 9.64 Å². The van der Waals surface area contributed by atoms with Crippen molar-refractivity contribution < 1.29 is 14.3 Å². The number of hydrogen-bond donors (Lipinski definition) is 0. The summed E-state index contributed by atoms with van der Waals surface area (Å²) in [5.41, 5.74) is 2.99. The molecule has 0 aliphatic carbocycles. The number of hydrogen-bond acceptors (Lipinski definition) is 4. The zero-order valence-electron chi connectivity index (χ0n) is 19.0. The third-order valence-corrected chi connectivity index (χ3v) is 6.48. The van der Waals surface area contributed by atoms with Crippen LogP contribution in [-0.4, -0.2) is 34.5 Å². The highest BCUT2D eigenvalue weighted by molar-refractivity contribution is 5.84. The van der Waals surface area contributed by atoms with Crippen molar-refractivity contribution >= 4 is 11.9 Å². The number of nitriles is 1. The van der Waals surface area contributed by atoms with Crippen molar-refractivity contribution in [2.24, 2.45) is 5.92 Å². The van der Waals surface area contributed by atoms with Gasteiger partial charge in [0.25, 0.3) is 0 Å². The van der Waals surface area contributed by atoms with Crippen molar-refractivity contribution in [2.75, 3.05) is 0 Å². The summed E-state index contributed by atoms with van der Waals surface area (Å²) in [5, 5.41) is 9.33. The summed E-state index contributed by atoms with van der Waals surface area (Å²) in [4.78, 5) is 27.6. The number of fused-ring (bicyclic) bond motifs is 2. The monoisotopic (exact) mass is 430 g/mol. The average molecular weight is 431 g/mol. The highest BCUT2D eigenvalue weighted by Gasteiger charge is 2.46. The highest BCUT2D eigenvalue weighted by atomic mass is 16.6. The molecule has 2 aliphatic heterocycles. The zero-order chi connectivity index (χ0) is 22.9. The Labute approximate surface area is 190 Å². The number of piperidine rings is 1. The molecule has 2 atom stereocenters.